The number of anilines is 1. The maximum Gasteiger partial charge on any atom is 0.259 e. The van der Waals surface area contributed by atoms with Gasteiger partial charge in [0, 0.05) is 11.1 Å². The molecule has 2 aliphatic rings. The summed E-state index contributed by atoms with van der Waals surface area (Å²) in [5.41, 5.74) is 0.900. The summed E-state index contributed by atoms with van der Waals surface area (Å²) in [5, 5.41) is 7.06. The van der Waals surface area contributed by atoms with E-state index in [-0.39, 0.29) is 12.0 Å². The van der Waals surface area contributed by atoms with Gasteiger partial charge in [-0.2, -0.15) is 0 Å². The molecule has 1 aliphatic heterocycles. The summed E-state index contributed by atoms with van der Waals surface area (Å²) in [5.74, 6) is 0.424. The molecule has 1 aliphatic carbocycles. The van der Waals surface area contributed by atoms with Crippen LogP contribution < -0.4 is 10.6 Å². The molecule has 144 valence electrons. The second-order valence-corrected chi connectivity index (χ2v) is 8.48. The summed E-state index contributed by atoms with van der Waals surface area (Å²) < 4.78 is 6.21. The Morgan fingerprint density at radius 3 is 2.63 bits per heavy atom. The third-order valence-corrected chi connectivity index (χ3v) is 6.54. The summed E-state index contributed by atoms with van der Waals surface area (Å²) in [6.07, 6.45) is 8.20. The topological polar surface area (TPSA) is 63.2 Å². The number of aromatic nitrogens is 1. The van der Waals surface area contributed by atoms with Crippen molar-refractivity contribution >= 4 is 22.4 Å². The second kappa shape index (κ2) is 8.95. The zero-order valence-electron chi connectivity index (χ0n) is 15.5. The van der Waals surface area contributed by atoms with Crippen molar-refractivity contribution in [1.82, 2.24) is 10.3 Å². The van der Waals surface area contributed by atoms with Crippen molar-refractivity contribution in [1.29, 1.82) is 0 Å². The normalized spacial score (nSPS) is 19.9. The molecule has 1 aromatic carbocycles. The van der Waals surface area contributed by atoms with E-state index in [2.05, 4.69) is 15.6 Å². The number of rotatable bonds is 6. The lowest BCUT2D eigenvalue weighted by molar-refractivity contribution is -0.131. The van der Waals surface area contributed by atoms with Gasteiger partial charge in [-0.25, -0.2) is 4.98 Å². The Morgan fingerprint density at radius 2 is 1.89 bits per heavy atom. The first kappa shape index (κ1) is 18.6. The highest BCUT2D eigenvalue weighted by atomic mass is 32.1. The minimum absolute atomic E-state index is 0.126. The minimum atomic E-state index is -0.583. The zero-order valence-corrected chi connectivity index (χ0v) is 16.3. The van der Waals surface area contributed by atoms with Crippen molar-refractivity contribution in [3.63, 3.8) is 0 Å². The van der Waals surface area contributed by atoms with Crippen LogP contribution in [0.2, 0.25) is 0 Å². The lowest BCUT2D eigenvalue weighted by Gasteiger charge is -2.21. The molecule has 4 rings (SSSR count). The number of nitrogens with zero attached hydrogens (tertiary/aromatic N) is 1. The molecular formula is C21H27N3O2S. The molecule has 2 fully saturated rings. The van der Waals surface area contributed by atoms with E-state index in [4.69, 9.17) is 4.74 Å². The van der Waals surface area contributed by atoms with E-state index >= 15 is 0 Å². The molecule has 0 radical (unpaired) electrons. The number of thiazole rings is 1. The molecule has 5 nitrogen and oxygen atoms in total. The number of amides is 1. The Kier molecular flexibility index (Phi) is 6.17. The fourth-order valence-corrected chi connectivity index (χ4v) is 4.94. The molecule has 2 N–H and O–H groups in total. The molecule has 2 aromatic rings. The van der Waals surface area contributed by atoms with Crippen molar-refractivity contribution in [2.75, 3.05) is 18.4 Å². The fraction of sp³-hybridized carbons (Fsp3) is 0.524. The lowest BCUT2D eigenvalue weighted by atomic mass is 9.97. The molecule has 1 amide bonds. The van der Waals surface area contributed by atoms with Crippen molar-refractivity contribution in [3.05, 3.63) is 47.0 Å². The maximum atomic E-state index is 13.0. The van der Waals surface area contributed by atoms with Gasteiger partial charge < -0.3 is 10.1 Å². The molecular weight excluding hydrogens is 358 g/mol. The average molecular weight is 386 g/mol. The summed E-state index contributed by atoms with van der Waals surface area (Å²) in [7, 11) is 0. The van der Waals surface area contributed by atoms with Crippen LogP contribution in [-0.2, 0) is 9.53 Å². The third kappa shape index (κ3) is 4.75. The standard InChI is InChI=1S/C21H27N3O2S/c25-20(24-21-23-14-18(27-21)15-10-12-22-13-11-15)19(16-6-2-1-3-7-16)26-17-8-4-5-9-17/h1-3,6-7,14-15,17,19,22H,4-5,8-13H2,(H,23,24,25). The Bertz CT molecular complexity index is 737. The van der Waals surface area contributed by atoms with Crippen LogP contribution in [0.3, 0.4) is 0 Å². The van der Waals surface area contributed by atoms with Gasteiger partial charge in [0.1, 0.15) is 0 Å². The quantitative estimate of drug-likeness (QED) is 0.780. The summed E-state index contributed by atoms with van der Waals surface area (Å²) in [6, 6.07) is 9.78. The predicted octanol–water partition coefficient (Wildman–Crippen LogP) is 4.25. The Labute approximate surface area is 164 Å². The van der Waals surface area contributed by atoms with Gasteiger partial charge in [-0.1, -0.05) is 43.2 Å². The number of carbonyl (C=O) groups is 1. The van der Waals surface area contributed by atoms with Crippen LogP contribution in [0.15, 0.2) is 36.5 Å². The van der Waals surface area contributed by atoms with Gasteiger partial charge in [0.15, 0.2) is 11.2 Å². The number of carbonyl (C=O) groups excluding carboxylic acids is 1. The van der Waals surface area contributed by atoms with Crippen LogP contribution in [0.1, 0.15) is 61.0 Å². The third-order valence-electron chi connectivity index (χ3n) is 5.47. The second-order valence-electron chi connectivity index (χ2n) is 7.41. The molecule has 1 aromatic heterocycles. The molecule has 0 spiro atoms. The fourth-order valence-electron chi connectivity index (χ4n) is 3.95. The highest BCUT2D eigenvalue weighted by molar-refractivity contribution is 7.15. The molecule has 1 atom stereocenters. The average Bonchev–Trinajstić information content (AvgIpc) is 3.39. The van der Waals surface area contributed by atoms with Gasteiger partial charge in [-0.3, -0.25) is 10.1 Å². The molecule has 1 saturated heterocycles. The number of hydrogen-bond donors (Lipinski definition) is 2. The predicted molar refractivity (Wildman–Crippen MR) is 108 cm³/mol. The van der Waals surface area contributed by atoms with Gasteiger partial charge >= 0.3 is 0 Å². The van der Waals surface area contributed by atoms with Crippen molar-refractivity contribution in [3.8, 4) is 0 Å². The van der Waals surface area contributed by atoms with Crippen molar-refractivity contribution in [2.24, 2.45) is 0 Å². The molecule has 6 heteroatoms. The van der Waals surface area contributed by atoms with E-state index in [1.807, 2.05) is 36.5 Å². The van der Waals surface area contributed by atoms with E-state index in [9.17, 15) is 4.79 Å². The Hall–Kier alpha value is -1.76. The molecule has 1 unspecified atom stereocenters. The number of ether oxygens (including phenoxy) is 1. The summed E-state index contributed by atoms with van der Waals surface area (Å²) in [6.45, 7) is 2.10. The number of nitrogens with one attached hydrogen (secondary N) is 2. The van der Waals surface area contributed by atoms with Crippen LogP contribution in [-0.4, -0.2) is 30.1 Å². The zero-order chi connectivity index (χ0) is 18.5. The number of piperidine rings is 1. The van der Waals surface area contributed by atoms with Gasteiger partial charge in [0.2, 0.25) is 0 Å². The maximum absolute atomic E-state index is 13.0. The van der Waals surface area contributed by atoms with Crippen molar-refractivity contribution < 1.29 is 9.53 Å². The van der Waals surface area contributed by atoms with Gasteiger partial charge in [0.25, 0.3) is 5.91 Å². The van der Waals surface area contributed by atoms with E-state index in [1.54, 1.807) is 11.3 Å². The SMILES string of the molecule is O=C(Nc1ncc(C2CCNCC2)s1)C(OC1CCCC1)c1ccccc1. The monoisotopic (exact) mass is 385 g/mol. The molecule has 27 heavy (non-hydrogen) atoms. The van der Waals surface area contributed by atoms with Gasteiger partial charge in [-0.15, -0.1) is 11.3 Å². The highest BCUT2D eigenvalue weighted by Gasteiger charge is 2.28. The van der Waals surface area contributed by atoms with Gasteiger partial charge in [-0.05, 0) is 50.3 Å². The summed E-state index contributed by atoms with van der Waals surface area (Å²) in [4.78, 5) is 18.7. The highest BCUT2D eigenvalue weighted by Crippen LogP contribution is 2.33. The largest absolute Gasteiger partial charge is 0.360 e. The lowest BCUT2D eigenvalue weighted by Crippen LogP contribution is -2.26. The minimum Gasteiger partial charge on any atom is -0.360 e. The first-order valence-electron chi connectivity index (χ1n) is 9.97. The molecule has 1 saturated carbocycles. The van der Waals surface area contributed by atoms with E-state index in [0.717, 1.165) is 44.3 Å². The number of benzene rings is 1. The van der Waals surface area contributed by atoms with Crippen LogP contribution in [0.25, 0.3) is 0 Å². The van der Waals surface area contributed by atoms with Crippen LogP contribution >= 0.6 is 11.3 Å². The van der Waals surface area contributed by atoms with Crippen LogP contribution in [0.5, 0.6) is 0 Å². The van der Waals surface area contributed by atoms with Crippen LogP contribution in [0, 0.1) is 0 Å². The number of hydrogen-bond acceptors (Lipinski definition) is 5. The Morgan fingerprint density at radius 1 is 1.15 bits per heavy atom. The van der Waals surface area contributed by atoms with E-state index in [1.165, 1.54) is 17.7 Å². The van der Waals surface area contributed by atoms with E-state index in [0.29, 0.717) is 11.0 Å². The Balaban J connectivity index is 1.45. The molecule has 0 bridgehead atoms. The summed E-state index contributed by atoms with van der Waals surface area (Å²) >= 11 is 1.60. The molecule has 2 heterocycles. The van der Waals surface area contributed by atoms with Gasteiger partial charge in [0.05, 0.1) is 6.10 Å². The first-order chi connectivity index (χ1) is 13.3. The van der Waals surface area contributed by atoms with Crippen molar-refractivity contribution in [2.45, 2.75) is 56.7 Å². The van der Waals surface area contributed by atoms with Crippen LogP contribution in [0.4, 0.5) is 5.13 Å². The smallest absolute Gasteiger partial charge is 0.259 e. The van der Waals surface area contributed by atoms with E-state index < -0.39 is 6.10 Å². The first-order valence-corrected chi connectivity index (χ1v) is 10.8.